The molecule has 0 aromatic heterocycles. The van der Waals surface area contributed by atoms with Crippen LogP contribution in [0, 0.1) is 5.92 Å². The van der Waals surface area contributed by atoms with E-state index >= 15 is 0 Å². The molecular formula is C19H33NO3. The Hall–Kier alpha value is -1.06. The van der Waals surface area contributed by atoms with Crippen LogP contribution in [0.15, 0.2) is 0 Å². The second kappa shape index (κ2) is 9.29. The molecule has 0 bridgehead atoms. The number of rotatable bonds is 9. The van der Waals surface area contributed by atoms with Gasteiger partial charge >= 0.3 is 5.97 Å². The van der Waals surface area contributed by atoms with Crippen molar-refractivity contribution in [3.63, 3.8) is 0 Å². The first-order valence-electron chi connectivity index (χ1n) is 9.66. The lowest BCUT2D eigenvalue weighted by atomic mass is 10.0. The van der Waals surface area contributed by atoms with Crippen LogP contribution in [0.4, 0.5) is 0 Å². The van der Waals surface area contributed by atoms with Gasteiger partial charge in [0, 0.05) is 12.5 Å². The smallest absolute Gasteiger partial charge is 0.328 e. The number of likely N-dealkylation sites (tertiary alicyclic amines) is 1. The number of ether oxygens (including phenoxy) is 1. The first-order chi connectivity index (χ1) is 11.2. The Bertz CT molecular complexity index is 396. The molecule has 1 saturated carbocycles. The molecule has 2 aliphatic rings. The molecule has 0 aromatic carbocycles. The van der Waals surface area contributed by atoms with Crippen molar-refractivity contribution in [1.82, 2.24) is 4.90 Å². The van der Waals surface area contributed by atoms with E-state index in [0.717, 1.165) is 32.1 Å². The summed E-state index contributed by atoms with van der Waals surface area (Å²) in [6, 6.07) is -0.0353. The number of nitrogens with zero attached hydrogens (tertiary/aromatic N) is 1. The lowest BCUT2D eigenvalue weighted by Gasteiger charge is -2.28. The summed E-state index contributed by atoms with van der Waals surface area (Å²) in [6.07, 6.45) is 11.8. The molecule has 0 N–H and O–H groups in total. The van der Waals surface area contributed by atoms with E-state index in [0.29, 0.717) is 18.9 Å². The number of carbonyl (C=O) groups is 2. The van der Waals surface area contributed by atoms with Crippen molar-refractivity contribution in [1.29, 1.82) is 0 Å². The van der Waals surface area contributed by atoms with Crippen LogP contribution >= 0.6 is 0 Å². The van der Waals surface area contributed by atoms with E-state index in [2.05, 4.69) is 6.92 Å². The average Bonchev–Trinajstić information content (AvgIpc) is 3.13. The van der Waals surface area contributed by atoms with Crippen LogP contribution in [0.5, 0.6) is 0 Å². The van der Waals surface area contributed by atoms with Gasteiger partial charge in [-0.2, -0.15) is 0 Å². The number of esters is 1. The van der Waals surface area contributed by atoms with Gasteiger partial charge in [0.2, 0.25) is 5.91 Å². The third-order valence-electron chi connectivity index (χ3n) is 5.44. The summed E-state index contributed by atoms with van der Waals surface area (Å²) in [6.45, 7) is 4.59. The molecule has 1 heterocycles. The zero-order valence-corrected chi connectivity index (χ0v) is 14.9. The molecule has 1 saturated heterocycles. The first-order valence-corrected chi connectivity index (χ1v) is 9.66. The number of fused-ring (bicyclic) bond motifs is 1. The minimum atomic E-state index is -0.321. The van der Waals surface area contributed by atoms with Crippen molar-refractivity contribution in [2.24, 2.45) is 5.92 Å². The number of unbranched alkanes of at least 4 members (excludes halogenated alkanes) is 5. The van der Waals surface area contributed by atoms with Gasteiger partial charge in [0.15, 0.2) is 0 Å². The molecule has 0 aromatic rings. The van der Waals surface area contributed by atoms with Crippen LogP contribution in [0.2, 0.25) is 0 Å². The molecule has 0 unspecified atom stereocenters. The Morgan fingerprint density at radius 3 is 2.52 bits per heavy atom. The first kappa shape index (κ1) is 18.3. The van der Waals surface area contributed by atoms with Gasteiger partial charge < -0.3 is 9.64 Å². The van der Waals surface area contributed by atoms with Gasteiger partial charge in [0.25, 0.3) is 0 Å². The average molecular weight is 323 g/mol. The third-order valence-corrected chi connectivity index (χ3v) is 5.44. The molecule has 2 fully saturated rings. The van der Waals surface area contributed by atoms with E-state index in [1.54, 1.807) is 0 Å². The fraction of sp³-hybridized carbons (Fsp3) is 0.895. The zero-order chi connectivity index (χ0) is 16.7. The Morgan fingerprint density at radius 2 is 1.78 bits per heavy atom. The SMILES string of the molecule is CCCCCCCCOC(=O)[C@@H]1C[C@@H]2CCC[C@@H]2N1C(=O)CC. The number of carbonyl (C=O) groups excluding carboxylic acids is 2. The highest BCUT2D eigenvalue weighted by Crippen LogP contribution is 2.41. The normalized spacial score (nSPS) is 26.3. The van der Waals surface area contributed by atoms with Crippen molar-refractivity contribution >= 4 is 11.9 Å². The van der Waals surface area contributed by atoms with Gasteiger partial charge in [-0.25, -0.2) is 4.79 Å². The maximum atomic E-state index is 12.4. The Balaban J connectivity index is 1.75. The quantitative estimate of drug-likeness (QED) is 0.474. The summed E-state index contributed by atoms with van der Waals surface area (Å²) in [7, 11) is 0. The number of hydrogen-bond acceptors (Lipinski definition) is 3. The predicted molar refractivity (Wildman–Crippen MR) is 91.0 cm³/mol. The zero-order valence-electron chi connectivity index (χ0n) is 14.9. The van der Waals surface area contributed by atoms with Crippen LogP contribution in [0.1, 0.15) is 84.5 Å². The van der Waals surface area contributed by atoms with Crippen LogP contribution < -0.4 is 0 Å². The maximum Gasteiger partial charge on any atom is 0.328 e. The minimum absolute atomic E-state index is 0.112. The Kier molecular flexibility index (Phi) is 7.38. The molecular weight excluding hydrogens is 290 g/mol. The highest BCUT2D eigenvalue weighted by Gasteiger charge is 2.48. The van der Waals surface area contributed by atoms with Crippen molar-refractivity contribution in [3.8, 4) is 0 Å². The maximum absolute atomic E-state index is 12.4. The van der Waals surface area contributed by atoms with Gasteiger partial charge in [-0.15, -0.1) is 0 Å². The highest BCUT2D eigenvalue weighted by atomic mass is 16.5. The standard InChI is InChI=1S/C19H33NO3/c1-3-5-6-7-8-9-13-23-19(22)17-14-15-11-10-12-16(15)20(17)18(21)4-2/h15-17H,3-14H2,1-2H3/t15-,16-,17-/m0/s1. The molecule has 1 amide bonds. The van der Waals surface area contributed by atoms with Crippen LogP contribution in [-0.2, 0) is 14.3 Å². The largest absolute Gasteiger partial charge is 0.464 e. The lowest BCUT2D eigenvalue weighted by molar-refractivity contribution is -0.154. The van der Waals surface area contributed by atoms with Crippen molar-refractivity contribution in [2.75, 3.05) is 6.61 Å². The van der Waals surface area contributed by atoms with E-state index in [1.807, 2.05) is 11.8 Å². The van der Waals surface area contributed by atoms with Crippen LogP contribution in [-0.4, -0.2) is 35.5 Å². The lowest BCUT2D eigenvalue weighted by Crippen LogP contribution is -2.45. The molecule has 4 nitrogen and oxygen atoms in total. The van der Waals surface area contributed by atoms with E-state index in [4.69, 9.17) is 4.74 Å². The van der Waals surface area contributed by atoms with Gasteiger partial charge in [-0.1, -0.05) is 52.4 Å². The molecule has 1 aliphatic carbocycles. The minimum Gasteiger partial charge on any atom is -0.464 e. The van der Waals surface area contributed by atoms with Crippen molar-refractivity contribution < 1.29 is 14.3 Å². The molecule has 0 spiro atoms. The summed E-state index contributed by atoms with van der Waals surface area (Å²) in [5, 5.41) is 0. The summed E-state index contributed by atoms with van der Waals surface area (Å²) in [5.41, 5.74) is 0. The van der Waals surface area contributed by atoms with Crippen LogP contribution in [0.3, 0.4) is 0 Å². The Labute approximate surface area is 140 Å². The second-order valence-electron chi connectivity index (χ2n) is 7.10. The molecule has 4 heteroatoms. The molecule has 3 atom stereocenters. The van der Waals surface area contributed by atoms with Crippen molar-refractivity contribution in [2.45, 2.75) is 96.6 Å². The summed E-state index contributed by atoms with van der Waals surface area (Å²) in [5.74, 6) is 0.452. The summed E-state index contributed by atoms with van der Waals surface area (Å²) < 4.78 is 5.49. The van der Waals surface area contributed by atoms with Gasteiger partial charge in [0.05, 0.1) is 6.61 Å². The predicted octanol–water partition coefficient (Wildman–Crippen LogP) is 4.07. The van der Waals surface area contributed by atoms with Gasteiger partial charge in [-0.3, -0.25) is 4.79 Å². The molecule has 23 heavy (non-hydrogen) atoms. The fourth-order valence-electron chi connectivity index (χ4n) is 4.19. The number of hydrogen-bond donors (Lipinski definition) is 0. The molecule has 2 rings (SSSR count). The van der Waals surface area contributed by atoms with E-state index in [9.17, 15) is 9.59 Å². The monoisotopic (exact) mass is 323 g/mol. The van der Waals surface area contributed by atoms with E-state index < -0.39 is 0 Å². The van der Waals surface area contributed by atoms with Crippen LogP contribution in [0.25, 0.3) is 0 Å². The fourth-order valence-corrected chi connectivity index (χ4v) is 4.19. The highest BCUT2D eigenvalue weighted by molar-refractivity contribution is 5.85. The van der Waals surface area contributed by atoms with E-state index in [-0.39, 0.29) is 24.0 Å². The molecule has 0 radical (unpaired) electrons. The molecule has 132 valence electrons. The summed E-state index contributed by atoms with van der Waals surface area (Å²) in [4.78, 5) is 26.6. The second-order valence-corrected chi connectivity index (χ2v) is 7.10. The molecule has 1 aliphatic heterocycles. The van der Waals surface area contributed by atoms with Crippen molar-refractivity contribution in [3.05, 3.63) is 0 Å². The topological polar surface area (TPSA) is 46.6 Å². The number of amides is 1. The summed E-state index contributed by atoms with van der Waals surface area (Å²) >= 11 is 0. The van der Waals surface area contributed by atoms with E-state index in [1.165, 1.54) is 32.1 Å². The third kappa shape index (κ3) is 4.71. The van der Waals surface area contributed by atoms with Gasteiger partial charge in [-0.05, 0) is 31.6 Å². The van der Waals surface area contributed by atoms with Gasteiger partial charge in [0.1, 0.15) is 6.04 Å². The Morgan fingerprint density at radius 1 is 1.04 bits per heavy atom.